The van der Waals surface area contributed by atoms with Gasteiger partial charge in [-0.05, 0) is 18.4 Å². The summed E-state index contributed by atoms with van der Waals surface area (Å²) in [5, 5.41) is 18.4. The van der Waals surface area contributed by atoms with Crippen LogP contribution in [0.4, 0.5) is 4.39 Å². The van der Waals surface area contributed by atoms with Gasteiger partial charge in [0.15, 0.2) is 0 Å². The lowest BCUT2D eigenvalue weighted by Gasteiger charge is -2.16. The summed E-state index contributed by atoms with van der Waals surface area (Å²) in [7, 11) is 0. The number of nitrogens with two attached hydrogens (primary N) is 1. The molecule has 0 saturated carbocycles. The van der Waals surface area contributed by atoms with Crippen LogP contribution in [-0.2, 0) is 0 Å². The van der Waals surface area contributed by atoms with E-state index >= 15 is 0 Å². The third-order valence-corrected chi connectivity index (χ3v) is 2.39. The van der Waals surface area contributed by atoms with Gasteiger partial charge in [0, 0.05) is 11.6 Å². The molecule has 1 aromatic carbocycles. The topological polar surface area (TPSA) is 70.0 Å². The Morgan fingerprint density at radius 2 is 2.12 bits per heavy atom. The first-order chi connectivity index (χ1) is 7.47. The maximum atomic E-state index is 13.1. The fourth-order valence-electron chi connectivity index (χ4n) is 1.62. The first-order valence-electron chi connectivity index (χ1n) is 5.14. The Morgan fingerprint density at radius 1 is 1.50 bits per heavy atom. The SMILES string of the molecule is CC(C)C[C@H](N)c1ccc(F)c(C#N)c1O. The molecule has 0 aliphatic rings. The van der Waals surface area contributed by atoms with Gasteiger partial charge in [0.05, 0.1) is 0 Å². The summed E-state index contributed by atoms with van der Waals surface area (Å²) in [6.45, 7) is 4.01. The van der Waals surface area contributed by atoms with Crippen LogP contribution in [0, 0.1) is 23.1 Å². The summed E-state index contributed by atoms with van der Waals surface area (Å²) < 4.78 is 13.1. The van der Waals surface area contributed by atoms with E-state index in [1.165, 1.54) is 6.07 Å². The van der Waals surface area contributed by atoms with E-state index in [1.807, 2.05) is 13.8 Å². The number of halogens is 1. The quantitative estimate of drug-likeness (QED) is 0.825. The molecule has 4 heteroatoms. The van der Waals surface area contributed by atoms with Crippen LogP contribution in [0.5, 0.6) is 5.75 Å². The van der Waals surface area contributed by atoms with Gasteiger partial charge in [-0.3, -0.25) is 0 Å². The number of phenols is 1. The molecule has 0 saturated heterocycles. The number of nitrogens with zero attached hydrogens (tertiary/aromatic N) is 1. The van der Waals surface area contributed by atoms with Gasteiger partial charge >= 0.3 is 0 Å². The van der Waals surface area contributed by atoms with E-state index in [0.717, 1.165) is 6.07 Å². The maximum Gasteiger partial charge on any atom is 0.144 e. The number of nitriles is 1. The molecule has 86 valence electrons. The lowest BCUT2D eigenvalue weighted by atomic mass is 9.95. The normalized spacial score (nSPS) is 12.5. The second-order valence-corrected chi connectivity index (χ2v) is 4.21. The van der Waals surface area contributed by atoms with E-state index in [9.17, 15) is 9.50 Å². The average molecular weight is 222 g/mol. The molecular formula is C12H15FN2O. The second-order valence-electron chi connectivity index (χ2n) is 4.21. The molecular weight excluding hydrogens is 207 g/mol. The van der Waals surface area contributed by atoms with Crippen molar-refractivity contribution in [2.75, 3.05) is 0 Å². The van der Waals surface area contributed by atoms with Crippen molar-refractivity contribution in [3.8, 4) is 11.8 Å². The molecule has 0 amide bonds. The summed E-state index contributed by atoms with van der Waals surface area (Å²) in [5.41, 5.74) is 5.97. The average Bonchev–Trinajstić information content (AvgIpc) is 2.17. The molecule has 0 aliphatic heterocycles. The highest BCUT2D eigenvalue weighted by atomic mass is 19.1. The zero-order valence-corrected chi connectivity index (χ0v) is 9.37. The number of rotatable bonds is 3. The Kier molecular flexibility index (Phi) is 3.86. The summed E-state index contributed by atoms with van der Waals surface area (Å²) in [6.07, 6.45) is 0.671. The third-order valence-electron chi connectivity index (χ3n) is 2.39. The molecule has 1 rings (SSSR count). The molecule has 0 unspecified atom stereocenters. The molecule has 3 nitrogen and oxygen atoms in total. The Morgan fingerprint density at radius 3 is 2.62 bits per heavy atom. The van der Waals surface area contributed by atoms with E-state index in [4.69, 9.17) is 11.0 Å². The number of benzene rings is 1. The fourth-order valence-corrected chi connectivity index (χ4v) is 1.62. The molecule has 0 radical (unpaired) electrons. The lowest BCUT2D eigenvalue weighted by molar-refractivity contribution is 0.438. The van der Waals surface area contributed by atoms with Gasteiger partial charge in [0.1, 0.15) is 23.2 Å². The second kappa shape index (κ2) is 4.95. The van der Waals surface area contributed by atoms with E-state index in [1.54, 1.807) is 6.07 Å². The monoisotopic (exact) mass is 222 g/mol. The van der Waals surface area contributed by atoms with Crippen molar-refractivity contribution in [1.29, 1.82) is 5.26 Å². The van der Waals surface area contributed by atoms with Crippen LogP contribution in [0.3, 0.4) is 0 Å². The van der Waals surface area contributed by atoms with Gasteiger partial charge in [0.2, 0.25) is 0 Å². The van der Waals surface area contributed by atoms with E-state index in [0.29, 0.717) is 17.9 Å². The molecule has 0 bridgehead atoms. The summed E-state index contributed by atoms with van der Waals surface area (Å²) in [4.78, 5) is 0. The van der Waals surface area contributed by atoms with Crippen LogP contribution in [0.2, 0.25) is 0 Å². The van der Waals surface area contributed by atoms with Gasteiger partial charge in [-0.1, -0.05) is 19.9 Å². The predicted octanol–water partition coefficient (Wildman–Crippen LogP) is 2.45. The zero-order valence-electron chi connectivity index (χ0n) is 9.37. The smallest absolute Gasteiger partial charge is 0.144 e. The van der Waals surface area contributed by atoms with Crippen LogP contribution in [-0.4, -0.2) is 5.11 Å². The lowest BCUT2D eigenvalue weighted by Crippen LogP contribution is -2.13. The highest BCUT2D eigenvalue weighted by Crippen LogP contribution is 2.31. The fraction of sp³-hybridized carbons (Fsp3) is 0.417. The molecule has 3 N–H and O–H groups in total. The first kappa shape index (κ1) is 12.5. The van der Waals surface area contributed by atoms with Crippen molar-refractivity contribution in [3.05, 3.63) is 29.1 Å². The minimum Gasteiger partial charge on any atom is -0.506 e. The van der Waals surface area contributed by atoms with Crippen LogP contribution in [0.15, 0.2) is 12.1 Å². The maximum absolute atomic E-state index is 13.1. The summed E-state index contributed by atoms with van der Waals surface area (Å²) >= 11 is 0. The van der Waals surface area contributed by atoms with Gasteiger partial charge in [-0.25, -0.2) is 4.39 Å². The standard InChI is InChI=1S/C12H15FN2O/c1-7(2)5-11(15)8-3-4-10(13)9(6-14)12(8)16/h3-4,7,11,16H,5,15H2,1-2H3/t11-/m0/s1. The molecule has 1 aromatic rings. The summed E-state index contributed by atoms with van der Waals surface area (Å²) in [6, 6.07) is 3.84. The molecule has 16 heavy (non-hydrogen) atoms. The van der Waals surface area contributed by atoms with E-state index in [-0.39, 0.29) is 17.4 Å². The van der Waals surface area contributed by atoms with Crippen molar-refractivity contribution in [2.45, 2.75) is 26.3 Å². The van der Waals surface area contributed by atoms with E-state index in [2.05, 4.69) is 0 Å². The Bertz CT molecular complexity index is 424. The Hall–Kier alpha value is -1.60. The third kappa shape index (κ3) is 2.50. The molecule has 0 aliphatic carbocycles. The highest BCUT2D eigenvalue weighted by Gasteiger charge is 2.17. The molecule has 0 heterocycles. The molecule has 0 spiro atoms. The van der Waals surface area contributed by atoms with Gasteiger partial charge in [0.25, 0.3) is 0 Å². The predicted molar refractivity (Wildman–Crippen MR) is 59.2 cm³/mol. The largest absolute Gasteiger partial charge is 0.506 e. The number of phenolic OH excluding ortho intramolecular Hbond substituents is 1. The number of hydrogen-bond donors (Lipinski definition) is 2. The van der Waals surface area contributed by atoms with Crippen molar-refractivity contribution in [2.24, 2.45) is 11.7 Å². The van der Waals surface area contributed by atoms with Crippen molar-refractivity contribution in [3.63, 3.8) is 0 Å². The van der Waals surface area contributed by atoms with Gasteiger partial charge in [-0.2, -0.15) is 5.26 Å². The van der Waals surface area contributed by atoms with Crippen LogP contribution >= 0.6 is 0 Å². The van der Waals surface area contributed by atoms with Crippen LogP contribution in [0.25, 0.3) is 0 Å². The Labute approximate surface area is 94.3 Å². The van der Waals surface area contributed by atoms with Crippen LogP contribution in [0.1, 0.15) is 37.4 Å². The molecule has 0 aromatic heterocycles. The van der Waals surface area contributed by atoms with Crippen molar-refractivity contribution >= 4 is 0 Å². The minimum absolute atomic E-state index is 0.336. The Balaban J connectivity index is 3.12. The first-order valence-corrected chi connectivity index (χ1v) is 5.14. The molecule has 1 atom stereocenters. The summed E-state index contributed by atoms with van der Waals surface area (Å²) in [5.74, 6) is -0.693. The van der Waals surface area contributed by atoms with E-state index < -0.39 is 5.82 Å². The number of aromatic hydroxyl groups is 1. The van der Waals surface area contributed by atoms with Gasteiger partial charge in [-0.15, -0.1) is 0 Å². The highest BCUT2D eigenvalue weighted by molar-refractivity contribution is 5.49. The van der Waals surface area contributed by atoms with Crippen molar-refractivity contribution < 1.29 is 9.50 Å². The van der Waals surface area contributed by atoms with Crippen molar-refractivity contribution in [1.82, 2.24) is 0 Å². The zero-order chi connectivity index (χ0) is 12.3. The number of hydrogen-bond acceptors (Lipinski definition) is 3. The molecule has 0 fully saturated rings. The van der Waals surface area contributed by atoms with Gasteiger partial charge < -0.3 is 10.8 Å². The minimum atomic E-state index is -0.722. The van der Waals surface area contributed by atoms with Crippen LogP contribution < -0.4 is 5.73 Å².